The van der Waals surface area contributed by atoms with Crippen LogP contribution in [-0.4, -0.2) is 4.98 Å². The maximum atomic E-state index is 4.59. The number of hydrogen-bond donors (Lipinski definition) is 0. The number of nitrogens with zero attached hydrogens (tertiary/aromatic N) is 1. The molecule has 22 heavy (non-hydrogen) atoms. The van der Waals surface area contributed by atoms with Crippen LogP contribution in [0.3, 0.4) is 0 Å². The largest absolute Gasteiger partial charge is 0.256 e. The van der Waals surface area contributed by atoms with Crippen molar-refractivity contribution >= 4 is 10.8 Å². The molecule has 0 atom stereocenters. The molecule has 4 aromatic rings. The van der Waals surface area contributed by atoms with Crippen LogP contribution in [0, 0.1) is 0 Å². The van der Waals surface area contributed by atoms with Crippen LogP contribution < -0.4 is 0 Å². The monoisotopic (exact) mass is 281 g/mol. The van der Waals surface area contributed by atoms with E-state index in [1.165, 1.54) is 27.5 Å². The summed E-state index contributed by atoms with van der Waals surface area (Å²) >= 11 is 0. The van der Waals surface area contributed by atoms with E-state index in [2.05, 4.69) is 71.7 Å². The number of fused-ring (bicyclic) bond motifs is 1. The second-order valence-electron chi connectivity index (χ2n) is 5.29. The van der Waals surface area contributed by atoms with Gasteiger partial charge < -0.3 is 0 Å². The van der Waals surface area contributed by atoms with Crippen molar-refractivity contribution in [1.29, 1.82) is 0 Å². The number of hydrogen-bond acceptors (Lipinski definition) is 1. The van der Waals surface area contributed by atoms with Crippen LogP contribution in [0.5, 0.6) is 0 Å². The van der Waals surface area contributed by atoms with E-state index < -0.39 is 0 Å². The van der Waals surface area contributed by atoms with Crippen molar-refractivity contribution in [1.82, 2.24) is 4.98 Å². The van der Waals surface area contributed by atoms with E-state index in [9.17, 15) is 0 Å². The first-order valence-corrected chi connectivity index (χ1v) is 7.42. The van der Waals surface area contributed by atoms with Crippen molar-refractivity contribution in [3.05, 3.63) is 91.1 Å². The maximum absolute atomic E-state index is 4.59. The second kappa shape index (κ2) is 5.45. The molecule has 0 unspecified atom stereocenters. The second-order valence-corrected chi connectivity index (χ2v) is 5.29. The Labute approximate surface area is 129 Å². The van der Waals surface area contributed by atoms with Gasteiger partial charge in [-0.2, -0.15) is 0 Å². The predicted octanol–water partition coefficient (Wildman–Crippen LogP) is 5.57. The molecule has 1 aromatic heterocycles. The Morgan fingerprint density at radius 1 is 0.591 bits per heavy atom. The van der Waals surface area contributed by atoms with Gasteiger partial charge in [0.2, 0.25) is 0 Å². The summed E-state index contributed by atoms with van der Waals surface area (Å²) in [6, 6.07) is 29.4. The van der Waals surface area contributed by atoms with Crippen LogP contribution in [0.25, 0.3) is 33.2 Å². The predicted molar refractivity (Wildman–Crippen MR) is 92.6 cm³/mol. The fraction of sp³-hybridized carbons (Fsp3) is 0. The number of aromatic nitrogens is 1. The Morgan fingerprint density at radius 3 is 2.18 bits per heavy atom. The van der Waals surface area contributed by atoms with Crippen LogP contribution in [0.2, 0.25) is 0 Å². The van der Waals surface area contributed by atoms with E-state index in [1.54, 1.807) is 0 Å². The standard InChI is InChI=1S/C21H15N/c1-2-8-16(9-3-1)19-14-13-17-10-4-5-11-18(17)21(19)20-12-6-7-15-22-20/h1-15H. The molecule has 0 saturated heterocycles. The molecule has 3 aromatic carbocycles. The van der Waals surface area contributed by atoms with Gasteiger partial charge in [0, 0.05) is 11.8 Å². The van der Waals surface area contributed by atoms with Crippen molar-refractivity contribution in [2.75, 3.05) is 0 Å². The summed E-state index contributed by atoms with van der Waals surface area (Å²) in [6.07, 6.45) is 1.85. The first kappa shape index (κ1) is 12.8. The van der Waals surface area contributed by atoms with Crippen LogP contribution in [0.1, 0.15) is 0 Å². The van der Waals surface area contributed by atoms with E-state index in [0.717, 1.165) is 5.69 Å². The Morgan fingerprint density at radius 2 is 1.36 bits per heavy atom. The summed E-state index contributed by atoms with van der Waals surface area (Å²) in [4.78, 5) is 4.59. The van der Waals surface area contributed by atoms with E-state index in [0.29, 0.717) is 0 Å². The lowest BCUT2D eigenvalue weighted by molar-refractivity contribution is 1.33. The lowest BCUT2D eigenvalue weighted by Gasteiger charge is -2.13. The van der Waals surface area contributed by atoms with E-state index in [4.69, 9.17) is 0 Å². The Kier molecular flexibility index (Phi) is 3.17. The molecule has 0 radical (unpaired) electrons. The molecule has 0 aliphatic heterocycles. The van der Waals surface area contributed by atoms with Gasteiger partial charge >= 0.3 is 0 Å². The maximum Gasteiger partial charge on any atom is 0.0714 e. The molecule has 0 spiro atoms. The van der Waals surface area contributed by atoms with Crippen LogP contribution >= 0.6 is 0 Å². The third-order valence-corrected chi connectivity index (χ3v) is 3.93. The van der Waals surface area contributed by atoms with Gasteiger partial charge in [-0.1, -0.05) is 72.8 Å². The topological polar surface area (TPSA) is 12.9 Å². The smallest absolute Gasteiger partial charge is 0.0714 e. The zero-order valence-electron chi connectivity index (χ0n) is 12.1. The van der Waals surface area contributed by atoms with E-state index in [-0.39, 0.29) is 0 Å². The fourth-order valence-electron chi connectivity index (χ4n) is 2.92. The highest BCUT2D eigenvalue weighted by Gasteiger charge is 2.12. The molecule has 0 amide bonds. The molecule has 104 valence electrons. The summed E-state index contributed by atoms with van der Waals surface area (Å²) in [6.45, 7) is 0. The number of pyridine rings is 1. The molecule has 4 rings (SSSR count). The van der Waals surface area contributed by atoms with Gasteiger partial charge in [-0.3, -0.25) is 4.98 Å². The molecule has 0 saturated carbocycles. The SMILES string of the molecule is c1ccc(-c2ccc3ccccc3c2-c2ccccn2)cc1. The molecule has 0 bridgehead atoms. The minimum atomic E-state index is 1.01. The minimum absolute atomic E-state index is 1.01. The summed E-state index contributed by atoms with van der Waals surface area (Å²) in [5.41, 5.74) is 4.65. The van der Waals surface area contributed by atoms with Gasteiger partial charge in [-0.05, 0) is 34.0 Å². The lowest BCUT2D eigenvalue weighted by Crippen LogP contribution is -1.89. The molecule has 1 heterocycles. The van der Waals surface area contributed by atoms with Crippen LogP contribution in [0.4, 0.5) is 0 Å². The Hall–Kier alpha value is -2.93. The summed E-state index contributed by atoms with van der Waals surface area (Å²) in [5.74, 6) is 0. The number of benzene rings is 3. The average molecular weight is 281 g/mol. The lowest BCUT2D eigenvalue weighted by atomic mass is 9.92. The van der Waals surface area contributed by atoms with Crippen molar-refractivity contribution in [3.63, 3.8) is 0 Å². The molecular formula is C21H15N. The first-order chi connectivity index (χ1) is 10.9. The molecule has 0 fully saturated rings. The Bertz CT molecular complexity index is 912. The molecular weight excluding hydrogens is 266 g/mol. The number of rotatable bonds is 2. The molecule has 0 N–H and O–H groups in total. The van der Waals surface area contributed by atoms with E-state index in [1.807, 2.05) is 24.4 Å². The highest BCUT2D eigenvalue weighted by molar-refractivity contribution is 6.03. The van der Waals surface area contributed by atoms with Gasteiger partial charge in [-0.25, -0.2) is 0 Å². The van der Waals surface area contributed by atoms with Gasteiger partial charge in [0.1, 0.15) is 0 Å². The molecule has 0 aliphatic rings. The zero-order valence-corrected chi connectivity index (χ0v) is 12.1. The third-order valence-electron chi connectivity index (χ3n) is 3.93. The fourth-order valence-corrected chi connectivity index (χ4v) is 2.92. The van der Waals surface area contributed by atoms with Crippen molar-refractivity contribution < 1.29 is 0 Å². The van der Waals surface area contributed by atoms with Crippen molar-refractivity contribution in [2.24, 2.45) is 0 Å². The summed E-state index contributed by atoms with van der Waals surface area (Å²) in [7, 11) is 0. The minimum Gasteiger partial charge on any atom is -0.256 e. The summed E-state index contributed by atoms with van der Waals surface area (Å²) < 4.78 is 0. The normalized spacial score (nSPS) is 10.7. The molecule has 1 nitrogen and oxygen atoms in total. The van der Waals surface area contributed by atoms with Gasteiger partial charge in [-0.15, -0.1) is 0 Å². The molecule has 1 heteroatoms. The first-order valence-electron chi connectivity index (χ1n) is 7.42. The summed E-state index contributed by atoms with van der Waals surface area (Å²) in [5, 5.41) is 2.48. The van der Waals surface area contributed by atoms with Gasteiger partial charge in [0.05, 0.1) is 5.69 Å². The van der Waals surface area contributed by atoms with Crippen molar-refractivity contribution in [3.8, 4) is 22.4 Å². The quantitative estimate of drug-likeness (QED) is 0.468. The average Bonchev–Trinajstić information content (AvgIpc) is 2.62. The zero-order chi connectivity index (χ0) is 14.8. The van der Waals surface area contributed by atoms with E-state index >= 15 is 0 Å². The van der Waals surface area contributed by atoms with Crippen LogP contribution in [0.15, 0.2) is 91.1 Å². The van der Waals surface area contributed by atoms with Crippen LogP contribution in [-0.2, 0) is 0 Å². The third kappa shape index (κ3) is 2.17. The highest BCUT2D eigenvalue weighted by Crippen LogP contribution is 2.36. The highest BCUT2D eigenvalue weighted by atomic mass is 14.7. The molecule has 0 aliphatic carbocycles. The Balaban J connectivity index is 2.09. The van der Waals surface area contributed by atoms with Gasteiger partial charge in [0.25, 0.3) is 0 Å². The van der Waals surface area contributed by atoms with Gasteiger partial charge in [0.15, 0.2) is 0 Å². The van der Waals surface area contributed by atoms with Crippen molar-refractivity contribution in [2.45, 2.75) is 0 Å².